The number of nitrogens with one attached hydrogen (secondary N) is 1. The van der Waals surface area contributed by atoms with E-state index in [1.165, 1.54) is 0 Å². The Morgan fingerprint density at radius 3 is 2.60 bits per heavy atom. The van der Waals surface area contributed by atoms with Gasteiger partial charge in [-0.05, 0) is 58.5 Å². The van der Waals surface area contributed by atoms with Crippen molar-refractivity contribution in [2.45, 2.75) is 6.54 Å². The van der Waals surface area contributed by atoms with Gasteiger partial charge in [-0.3, -0.25) is 4.79 Å². The van der Waals surface area contributed by atoms with E-state index in [0.717, 1.165) is 9.13 Å². The fraction of sp³-hybridized carbons (Fsp3) is 0.0667. The van der Waals surface area contributed by atoms with Gasteiger partial charge < -0.3 is 5.32 Å². The maximum absolute atomic E-state index is 12.1. The average molecular weight is 397 g/mol. The summed E-state index contributed by atoms with van der Waals surface area (Å²) in [4.78, 5) is 12.1. The maximum Gasteiger partial charge on any atom is 0.252 e. The molecule has 1 N–H and O–H groups in total. The third kappa shape index (κ3) is 3.71. The van der Waals surface area contributed by atoms with Crippen LogP contribution >= 0.6 is 34.2 Å². The Morgan fingerprint density at radius 2 is 1.95 bits per heavy atom. The quantitative estimate of drug-likeness (QED) is 0.804. The monoisotopic (exact) mass is 396 g/mol. The van der Waals surface area contributed by atoms with Crippen molar-refractivity contribution in [1.29, 1.82) is 5.26 Å². The van der Waals surface area contributed by atoms with Crippen molar-refractivity contribution in [3.63, 3.8) is 0 Å². The summed E-state index contributed by atoms with van der Waals surface area (Å²) in [5.41, 5.74) is 2.10. The molecule has 2 aromatic carbocycles. The molecule has 20 heavy (non-hydrogen) atoms. The third-order valence-electron chi connectivity index (χ3n) is 2.71. The van der Waals surface area contributed by atoms with Crippen LogP contribution in [0.4, 0.5) is 0 Å². The van der Waals surface area contributed by atoms with E-state index in [4.69, 9.17) is 16.9 Å². The predicted octanol–water partition coefficient (Wildman–Crippen LogP) is 3.75. The van der Waals surface area contributed by atoms with Crippen LogP contribution in [0.25, 0.3) is 0 Å². The van der Waals surface area contributed by atoms with E-state index >= 15 is 0 Å². The number of rotatable bonds is 3. The van der Waals surface area contributed by atoms with Gasteiger partial charge in [-0.25, -0.2) is 0 Å². The molecule has 0 aliphatic carbocycles. The minimum Gasteiger partial charge on any atom is -0.348 e. The second-order valence-corrected chi connectivity index (χ2v) is 5.71. The van der Waals surface area contributed by atoms with Crippen molar-refractivity contribution >= 4 is 40.1 Å². The van der Waals surface area contributed by atoms with Gasteiger partial charge in [0.15, 0.2) is 0 Å². The fourth-order valence-electron chi connectivity index (χ4n) is 1.65. The molecule has 100 valence electrons. The molecule has 2 aromatic rings. The first-order valence-electron chi connectivity index (χ1n) is 5.82. The number of nitrogens with zero attached hydrogens (tertiary/aromatic N) is 1. The first-order chi connectivity index (χ1) is 9.60. The van der Waals surface area contributed by atoms with Crippen molar-refractivity contribution in [1.82, 2.24) is 5.32 Å². The van der Waals surface area contributed by atoms with Crippen LogP contribution in [0.5, 0.6) is 0 Å². The summed E-state index contributed by atoms with van der Waals surface area (Å²) in [6.07, 6.45) is 0. The Labute approximate surface area is 135 Å². The number of carbonyl (C=O) groups is 1. The van der Waals surface area contributed by atoms with Crippen LogP contribution in [0.15, 0.2) is 42.5 Å². The number of benzene rings is 2. The van der Waals surface area contributed by atoms with E-state index < -0.39 is 0 Å². The minimum atomic E-state index is -0.166. The lowest BCUT2D eigenvalue weighted by molar-refractivity contribution is 0.0950. The molecule has 0 aromatic heterocycles. The molecule has 0 saturated heterocycles. The van der Waals surface area contributed by atoms with E-state index in [0.29, 0.717) is 22.7 Å². The van der Waals surface area contributed by atoms with Crippen molar-refractivity contribution < 1.29 is 4.79 Å². The molecule has 2 rings (SSSR count). The summed E-state index contributed by atoms with van der Waals surface area (Å²) < 4.78 is 0.851. The summed E-state index contributed by atoms with van der Waals surface area (Å²) in [6.45, 7) is 0.410. The molecule has 0 atom stereocenters. The van der Waals surface area contributed by atoms with E-state index in [1.807, 2.05) is 12.1 Å². The lowest BCUT2D eigenvalue weighted by atomic mass is 10.1. The van der Waals surface area contributed by atoms with Crippen LogP contribution in [-0.2, 0) is 6.54 Å². The van der Waals surface area contributed by atoms with Crippen LogP contribution in [0.3, 0.4) is 0 Å². The van der Waals surface area contributed by atoms with Gasteiger partial charge in [-0.15, -0.1) is 0 Å². The molecule has 0 bridgehead atoms. The van der Waals surface area contributed by atoms with Crippen molar-refractivity contribution in [3.05, 3.63) is 67.7 Å². The van der Waals surface area contributed by atoms with Crippen LogP contribution in [0.1, 0.15) is 21.5 Å². The summed E-state index contributed by atoms with van der Waals surface area (Å²) in [6, 6.07) is 14.4. The molecule has 3 nitrogen and oxygen atoms in total. The van der Waals surface area contributed by atoms with Gasteiger partial charge in [-0.2, -0.15) is 5.26 Å². The zero-order chi connectivity index (χ0) is 14.5. The van der Waals surface area contributed by atoms with Crippen molar-refractivity contribution in [2.24, 2.45) is 0 Å². The molecule has 1 amide bonds. The van der Waals surface area contributed by atoms with Crippen LogP contribution in [-0.4, -0.2) is 5.91 Å². The highest BCUT2D eigenvalue weighted by Crippen LogP contribution is 2.18. The lowest BCUT2D eigenvalue weighted by Gasteiger charge is -2.07. The highest BCUT2D eigenvalue weighted by Gasteiger charge is 2.10. The number of hydrogen-bond donors (Lipinski definition) is 1. The molecular weight excluding hydrogens is 387 g/mol. The van der Waals surface area contributed by atoms with Gasteiger partial charge in [0.25, 0.3) is 5.91 Å². The summed E-state index contributed by atoms with van der Waals surface area (Å²) >= 11 is 8.00. The van der Waals surface area contributed by atoms with E-state index in [1.54, 1.807) is 30.3 Å². The molecule has 0 aliphatic rings. The molecular formula is C15H10ClIN2O. The van der Waals surface area contributed by atoms with Gasteiger partial charge in [0.2, 0.25) is 0 Å². The SMILES string of the molecule is N#Cc1ccc(CNC(=O)c2cc(Cl)ccc2I)cc1. The van der Waals surface area contributed by atoms with Gasteiger partial charge in [0.1, 0.15) is 0 Å². The van der Waals surface area contributed by atoms with Crippen LogP contribution in [0.2, 0.25) is 5.02 Å². The molecule has 0 unspecified atom stereocenters. The predicted molar refractivity (Wildman–Crippen MR) is 86.5 cm³/mol. The number of hydrogen-bond acceptors (Lipinski definition) is 2. The molecule has 0 spiro atoms. The summed E-state index contributed by atoms with van der Waals surface area (Å²) in [5, 5.41) is 12.1. The highest BCUT2D eigenvalue weighted by atomic mass is 127. The number of nitriles is 1. The van der Waals surface area contributed by atoms with Gasteiger partial charge in [0.05, 0.1) is 17.2 Å². The van der Waals surface area contributed by atoms with Gasteiger partial charge in [-0.1, -0.05) is 23.7 Å². The number of carbonyl (C=O) groups excluding carboxylic acids is 1. The van der Waals surface area contributed by atoms with E-state index in [9.17, 15) is 4.79 Å². The smallest absolute Gasteiger partial charge is 0.252 e. The lowest BCUT2D eigenvalue weighted by Crippen LogP contribution is -2.23. The average Bonchev–Trinajstić information content (AvgIpc) is 2.47. The van der Waals surface area contributed by atoms with E-state index in [-0.39, 0.29) is 5.91 Å². The molecule has 0 aliphatic heterocycles. The zero-order valence-corrected chi connectivity index (χ0v) is 13.3. The van der Waals surface area contributed by atoms with Gasteiger partial charge >= 0.3 is 0 Å². The molecule has 0 radical (unpaired) electrons. The maximum atomic E-state index is 12.1. The Kier molecular flexibility index (Phi) is 4.99. The second kappa shape index (κ2) is 6.73. The van der Waals surface area contributed by atoms with Gasteiger partial charge in [0, 0.05) is 15.1 Å². The summed E-state index contributed by atoms with van der Waals surface area (Å²) in [7, 11) is 0. The minimum absolute atomic E-state index is 0.166. The molecule has 0 saturated carbocycles. The normalized spacial score (nSPS) is 9.85. The standard InChI is InChI=1S/C15H10ClIN2O/c16-12-5-6-14(17)13(7-12)15(20)19-9-11-3-1-10(8-18)2-4-11/h1-7H,9H2,(H,19,20). The second-order valence-electron chi connectivity index (χ2n) is 4.12. The fourth-order valence-corrected chi connectivity index (χ4v) is 2.40. The first-order valence-corrected chi connectivity index (χ1v) is 7.28. The number of halogens is 2. The first kappa shape index (κ1) is 14.8. The Bertz CT molecular complexity index is 677. The van der Waals surface area contributed by atoms with Crippen molar-refractivity contribution in [2.75, 3.05) is 0 Å². The molecule has 0 heterocycles. The topological polar surface area (TPSA) is 52.9 Å². The van der Waals surface area contributed by atoms with E-state index in [2.05, 4.69) is 34.0 Å². The summed E-state index contributed by atoms with van der Waals surface area (Å²) in [5.74, 6) is -0.166. The third-order valence-corrected chi connectivity index (χ3v) is 3.88. The van der Waals surface area contributed by atoms with Crippen molar-refractivity contribution in [3.8, 4) is 6.07 Å². The Balaban J connectivity index is 2.04. The highest BCUT2D eigenvalue weighted by molar-refractivity contribution is 14.1. The molecule has 5 heteroatoms. The van der Waals surface area contributed by atoms with Crippen LogP contribution < -0.4 is 5.32 Å². The number of amides is 1. The zero-order valence-electron chi connectivity index (χ0n) is 10.4. The largest absolute Gasteiger partial charge is 0.348 e. The van der Waals surface area contributed by atoms with Crippen LogP contribution in [0, 0.1) is 14.9 Å². The Hall–Kier alpha value is -1.58. The molecule has 0 fully saturated rings. The Morgan fingerprint density at radius 1 is 1.25 bits per heavy atom.